The van der Waals surface area contributed by atoms with E-state index in [-0.39, 0.29) is 0 Å². The lowest BCUT2D eigenvalue weighted by Gasteiger charge is -2.23. The van der Waals surface area contributed by atoms with Gasteiger partial charge in [0.25, 0.3) is 0 Å². The molecule has 1 aromatic rings. The van der Waals surface area contributed by atoms with E-state index in [1.54, 1.807) is 0 Å². The molecule has 1 nitrogen and oxygen atoms in total. The maximum atomic E-state index is 3.60. The lowest BCUT2D eigenvalue weighted by Crippen LogP contribution is -2.32. The molecule has 2 atom stereocenters. The molecule has 0 saturated carbocycles. The van der Waals surface area contributed by atoms with Crippen molar-refractivity contribution in [3.05, 3.63) is 35.9 Å². The van der Waals surface area contributed by atoms with Crippen LogP contribution in [0.4, 0.5) is 0 Å². The van der Waals surface area contributed by atoms with Crippen molar-refractivity contribution in [1.82, 2.24) is 5.32 Å². The Labute approximate surface area is 87.5 Å². The van der Waals surface area contributed by atoms with Crippen LogP contribution in [0.15, 0.2) is 30.3 Å². The van der Waals surface area contributed by atoms with E-state index in [0.717, 1.165) is 0 Å². The molecule has 1 N–H and O–H groups in total. The van der Waals surface area contributed by atoms with Crippen molar-refractivity contribution in [3.63, 3.8) is 0 Å². The van der Waals surface area contributed by atoms with Crippen LogP contribution in [0, 0.1) is 5.92 Å². The molecule has 0 amide bonds. The topological polar surface area (TPSA) is 12.0 Å². The first kappa shape index (κ1) is 11.3. The molecule has 0 aliphatic carbocycles. The Morgan fingerprint density at radius 2 is 1.50 bits per heavy atom. The third-order valence-corrected chi connectivity index (χ3v) is 2.81. The minimum Gasteiger partial charge on any atom is -0.307 e. The molecule has 0 saturated heterocycles. The number of benzene rings is 1. The minimum absolute atomic E-state index is 0.439. The standard InChI is InChI=1S/C13H21N/c1-10(2)11(3)14-12(4)13-8-6-5-7-9-13/h5-12,14H,1-4H3/t11-,12-/m0/s1. The molecule has 0 aromatic heterocycles. The average Bonchev–Trinajstić information content (AvgIpc) is 2.19. The highest BCUT2D eigenvalue weighted by atomic mass is 14.9. The summed E-state index contributed by atoms with van der Waals surface area (Å²) in [5.41, 5.74) is 1.36. The molecule has 1 heteroatoms. The third kappa shape index (κ3) is 3.15. The van der Waals surface area contributed by atoms with Crippen molar-refractivity contribution in [2.24, 2.45) is 5.92 Å². The first-order chi connectivity index (χ1) is 6.61. The lowest BCUT2D eigenvalue weighted by molar-refractivity contribution is 0.389. The monoisotopic (exact) mass is 191 g/mol. The van der Waals surface area contributed by atoms with Gasteiger partial charge >= 0.3 is 0 Å². The zero-order chi connectivity index (χ0) is 10.6. The summed E-state index contributed by atoms with van der Waals surface area (Å²) >= 11 is 0. The van der Waals surface area contributed by atoms with Crippen LogP contribution in [0.2, 0.25) is 0 Å². The van der Waals surface area contributed by atoms with E-state index in [2.05, 4.69) is 63.3 Å². The third-order valence-electron chi connectivity index (χ3n) is 2.81. The number of hydrogen-bond donors (Lipinski definition) is 1. The summed E-state index contributed by atoms with van der Waals surface area (Å²) in [7, 11) is 0. The Balaban J connectivity index is 2.55. The summed E-state index contributed by atoms with van der Waals surface area (Å²) in [6.07, 6.45) is 0. The molecule has 0 aliphatic heterocycles. The molecule has 1 rings (SSSR count). The predicted molar refractivity (Wildman–Crippen MR) is 62.3 cm³/mol. The maximum absolute atomic E-state index is 3.60. The molecule has 0 heterocycles. The average molecular weight is 191 g/mol. The molecule has 0 fully saturated rings. The van der Waals surface area contributed by atoms with Gasteiger partial charge in [0.05, 0.1) is 0 Å². The highest BCUT2D eigenvalue weighted by molar-refractivity contribution is 5.18. The summed E-state index contributed by atoms with van der Waals surface area (Å²) in [4.78, 5) is 0. The second kappa shape index (κ2) is 5.16. The van der Waals surface area contributed by atoms with Gasteiger partial charge in [0, 0.05) is 12.1 Å². The Kier molecular flexibility index (Phi) is 4.15. The van der Waals surface area contributed by atoms with Crippen molar-refractivity contribution >= 4 is 0 Å². The molecular formula is C13H21N. The van der Waals surface area contributed by atoms with Crippen molar-refractivity contribution in [2.75, 3.05) is 0 Å². The van der Waals surface area contributed by atoms with E-state index in [4.69, 9.17) is 0 Å². The van der Waals surface area contributed by atoms with Crippen LogP contribution >= 0.6 is 0 Å². The Morgan fingerprint density at radius 3 is 2.00 bits per heavy atom. The van der Waals surface area contributed by atoms with Gasteiger partial charge in [-0.25, -0.2) is 0 Å². The van der Waals surface area contributed by atoms with Crippen molar-refractivity contribution in [2.45, 2.75) is 39.8 Å². The van der Waals surface area contributed by atoms with Crippen LogP contribution < -0.4 is 5.32 Å². The molecule has 1 aromatic carbocycles. The normalized spacial score (nSPS) is 15.5. The summed E-state index contributed by atoms with van der Waals surface area (Å²) < 4.78 is 0. The summed E-state index contributed by atoms with van der Waals surface area (Å²) in [6.45, 7) is 8.95. The van der Waals surface area contributed by atoms with E-state index in [0.29, 0.717) is 18.0 Å². The zero-order valence-corrected chi connectivity index (χ0v) is 9.62. The molecular weight excluding hydrogens is 170 g/mol. The Bertz CT molecular complexity index is 253. The van der Waals surface area contributed by atoms with E-state index in [9.17, 15) is 0 Å². The van der Waals surface area contributed by atoms with Gasteiger partial charge in [0.2, 0.25) is 0 Å². The summed E-state index contributed by atoms with van der Waals surface area (Å²) in [5, 5.41) is 3.60. The molecule has 78 valence electrons. The first-order valence-corrected chi connectivity index (χ1v) is 5.42. The van der Waals surface area contributed by atoms with Gasteiger partial charge < -0.3 is 5.32 Å². The highest BCUT2D eigenvalue weighted by Gasteiger charge is 2.11. The van der Waals surface area contributed by atoms with Crippen molar-refractivity contribution < 1.29 is 0 Å². The molecule has 14 heavy (non-hydrogen) atoms. The largest absolute Gasteiger partial charge is 0.307 e. The predicted octanol–water partition coefficient (Wildman–Crippen LogP) is 3.38. The fourth-order valence-corrected chi connectivity index (χ4v) is 1.42. The smallest absolute Gasteiger partial charge is 0.0294 e. The summed E-state index contributed by atoms with van der Waals surface area (Å²) in [5.74, 6) is 0.682. The second-order valence-corrected chi connectivity index (χ2v) is 4.33. The van der Waals surface area contributed by atoms with E-state index < -0.39 is 0 Å². The van der Waals surface area contributed by atoms with Gasteiger partial charge in [-0.1, -0.05) is 44.2 Å². The van der Waals surface area contributed by atoms with Crippen LogP contribution in [0.1, 0.15) is 39.3 Å². The van der Waals surface area contributed by atoms with Gasteiger partial charge in [-0.05, 0) is 25.3 Å². The fourth-order valence-electron chi connectivity index (χ4n) is 1.42. The fraction of sp³-hybridized carbons (Fsp3) is 0.538. The van der Waals surface area contributed by atoms with Gasteiger partial charge in [0.1, 0.15) is 0 Å². The molecule has 0 radical (unpaired) electrons. The van der Waals surface area contributed by atoms with Crippen LogP contribution in [0.3, 0.4) is 0 Å². The molecule has 0 spiro atoms. The molecule has 0 unspecified atom stereocenters. The highest BCUT2D eigenvalue weighted by Crippen LogP contribution is 2.13. The van der Waals surface area contributed by atoms with Gasteiger partial charge in [-0.15, -0.1) is 0 Å². The van der Waals surface area contributed by atoms with E-state index >= 15 is 0 Å². The molecule has 0 aliphatic rings. The van der Waals surface area contributed by atoms with Crippen molar-refractivity contribution in [3.8, 4) is 0 Å². The van der Waals surface area contributed by atoms with Crippen LogP contribution in [-0.4, -0.2) is 6.04 Å². The van der Waals surface area contributed by atoms with Crippen molar-refractivity contribution in [1.29, 1.82) is 0 Å². The summed E-state index contributed by atoms with van der Waals surface area (Å²) in [6, 6.07) is 11.6. The zero-order valence-electron chi connectivity index (χ0n) is 9.62. The molecule has 0 bridgehead atoms. The number of hydrogen-bond acceptors (Lipinski definition) is 1. The quantitative estimate of drug-likeness (QED) is 0.769. The SMILES string of the molecule is CC(C)[C@H](C)N[C@@H](C)c1ccccc1. The van der Waals surface area contributed by atoms with Gasteiger partial charge in [-0.3, -0.25) is 0 Å². The Hall–Kier alpha value is -0.820. The van der Waals surface area contributed by atoms with E-state index in [1.165, 1.54) is 5.56 Å². The van der Waals surface area contributed by atoms with Crippen LogP contribution in [0.25, 0.3) is 0 Å². The van der Waals surface area contributed by atoms with Gasteiger partial charge in [-0.2, -0.15) is 0 Å². The minimum atomic E-state index is 0.439. The second-order valence-electron chi connectivity index (χ2n) is 4.33. The number of nitrogens with one attached hydrogen (secondary N) is 1. The van der Waals surface area contributed by atoms with E-state index in [1.807, 2.05) is 0 Å². The van der Waals surface area contributed by atoms with Crippen LogP contribution in [-0.2, 0) is 0 Å². The maximum Gasteiger partial charge on any atom is 0.0294 e. The first-order valence-electron chi connectivity index (χ1n) is 5.42. The van der Waals surface area contributed by atoms with Gasteiger partial charge in [0.15, 0.2) is 0 Å². The lowest BCUT2D eigenvalue weighted by atomic mass is 10.0. The van der Waals surface area contributed by atoms with Crippen LogP contribution in [0.5, 0.6) is 0 Å². The Morgan fingerprint density at radius 1 is 0.929 bits per heavy atom. The number of rotatable bonds is 4.